The molecule has 0 aliphatic carbocycles. The molecule has 2 unspecified atom stereocenters. The Labute approximate surface area is 114 Å². The summed E-state index contributed by atoms with van der Waals surface area (Å²) in [5.41, 5.74) is 1.11. The van der Waals surface area contributed by atoms with E-state index in [-0.39, 0.29) is 5.75 Å². The third-order valence-corrected chi connectivity index (χ3v) is 3.73. The van der Waals surface area contributed by atoms with Gasteiger partial charge < -0.3 is 19.9 Å². The third-order valence-electron chi connectivity index (χ3n) is 3.73. The monoisotopic (exact) mass is 265 g/mol. The van der Waals surface area contributed by atoms with Gasteiger partial charge in [-0.15, -0.1) is 0 Å². The molecule has 2 rings (SSSR count). The average molecular weight is 265 g/mol. The number of phenols is 1. The van der Waals surface area contributed by atoms with E-state index in [2.05, 4.69) is 12.2 Å². The Bertz CT molecular complexity index is 408. The van der Waals surface area contributed by atoms with Crippen LogP contribution in [0.3, 0.4) is 0 Å². The van der Waals surface area contributed by atoms with Gasteiger partial charge in [0.1, 0.15) is 0 Å². The zero-order chi connectivity index (χ0) is 13.7. The minimum atomic E-state index is 0.182. The summed E-state index contributed by atoms with van der Waals surface area (Å²) >= 11 is 0. The number of hydrogen-bond donors (Lipinski definition) is 2. The Kier molecular flexibility index (Phi) is 5.05. The van der Waals surface area contributed by atoms with Gasteiger partial charge in [0.15, 0.2) is 11.5 Å². The van der Waals surface area contributed by atoms with Crippen LogP contribution in [-0.4, -0.2) is 31.5 Å². The van der Waals surface area contributed by atoms with Gasteiger partial charge in [-0.2, -0.15) is 0 Å². The molecule has 0 bridgehead atoms. The smallest absolute Gasteiger partial charge is 0.160 e. The van der Waals surface area contributed by atoms with Gasteiger partial charge >= 0.3 is 0 Å². The summed E-state index contributed by atoms with van der Waals surface area (Å²) < 4.78 is 10.8. The van der Waals surface area contributed by atoms with Crippen molar-refractivity contribution in [2.45, 2.75) is 32.4 Å². The fourth-order valence-corrected chi connectivity index (χ4v) is 2.61. The highest BCUT2D eigenvalue weighted by Gasteiger charge is 2.25. The molecule has 1 aromatic carbocycles. The Balaban J connectivity index is 1.82. The van der Waals surface area contributed by atoms with Gasteiger partial charge in [-0.1, -0.05) is 13.0 Å². The van der Waals surface area contributed by atoms with Crippen LogP contribution in [0.2, 0.25) is 0 Å². The lowest BCUT2D eigenvalue weighted by Crippen LogP contribution is -2.27. The number of ether oxygens (including phenoxy) is 2. The second-order valence-electron chi connectivity index (χ2n) is 5.00. The van der Waals surface area contributed by atoms with E-state index in [9.17, 15) is 5.11 Å². The van der Waals surface area contributed by atoms with Crippen molar-refractivity contribution in [3.05, 3.63) is 23.8 Å². The lowest BCUT2D eigenvalue weighted by atomic mass is 9.99. The quantitative estimate of drug-likeness (QED) is 0.828. The molecule has 1 aliphatic rings. The molecule has 0 radical (unpaired) electrons. The molecule has 2 N–H and O–H groups in total. The first-order valence-corrected chi connectivity index (χ1v) is 6.92. The van der Waals surface area contributed by atoms with E-state index in [1.807, 2.05) is 12.1 Å². The molecule has 0 aromatic heterocycles. The van der Waals surface area contributed by atoms with E-state index in [4.69, 9.17) is 9.47 Å². The summed E-state index contributed by atoms with van der Waals surface area (Å²) in [5.74, 6) is 1.32. The molecule has 0 spiro atoms. The molecule has 2 atom stereocenters. The second-order valence-corrected chi connectivity index (χ2v) is 5.00. The summed E-state index contributed by atoms with van der Waals surface area (Å²) in [6.45, 7) is 4.82. The highest BCUT2D eigenvalue weighted by Crippen LogP contribution is 2.26. The molecule has 0 saturated carbocycles. The lowest BCUT2D eigenvalue weighted by molar-refractivity contribution is 0.0872. The minimum Gasteiger partial charge on any atom is -0.504 e. The fourth-order valence-electron chi connectivity index (χ4n) is 2.61. The zero-order valence-corrected chi connectivity index (χ0v) is 11.7. The predicted molar refractivity (Wildman–Crippen MR) is 74.5 cm³/mol. The topological polar surface area (TPSA) is 50.7 Å². The van der Waals surface area contributed by atoms with E-state index in [0.717, 1.165) is 38.1 Å². The highest BCUT2D eigenvalue weighted by atomic mass is 16.5. The molecule has 106 valence electrons. The van der Waals surface area contributed by atoms with Crippen molar-refractivity contribution in [2.24, 2.45) is 5.92 Å². The first kappa shape index (κ1) is 14.2. The molecule has 1 saturated heterocycles. The van der Waals surface area contributed by atoms with E-state index >= 15 is 0 Å². The second kappa shape index (κ2) is 6.78. The van der Waals surface area contributed by atoms with Gasteiger partial charge in [0, 0.05) is 19.7 Å². The number of rotatable bonds is 6. The van der Waals surface area contributed by atoms with Crippen LogP contribution >= 0.6 is 0 Å². The summed E-state index contributed by atoms with van der Waals surface area (Å²) in [6, 6.07) is 5.45. The van der Waals surface area contributed by atoms with Crippen molar-refractivity contribution in [2.75, 3.05) is 20.3 Å². The van der Waals surface area contributed by atoms with Crippen LogP contribution in [0.5, 0.6) is 11.5 Å². The van der Waals surface area contributed by atoms with Crippen LogP contribution in [0.25, 0.3) is 0 Å². The summed E-state index contributed by atoms with van der Waals surface area (Å²) in [7, 11) is 1.56. The highest BCUT2D eigenvalue weighted by molar-refractivity contribution is 5.41. The molecule has 1 aromatic rings. The fraction of sp³-hybridized carbons (Fsp3) is 0.600. The largest absolute Gasteiger partial charge is 0.504 e. The van der Waals surface area contributed by atoms with Crippen molar-refractivity contribution in [3.8, 4) is 11.5 Å². The average Bonchev–Trinajstić information content (AvgIpc) is 2.88. The summed E-state index contributed by atoms with van der Waals surface area (Å²) in [6.07, 6.45) is 2.63. The number of phenolic OH excluding ortho intramolecular Hbond substituents is 1. The van der Waals surface area contributed by atoms with Crippen LogP contribution in [0.4, 0.5) is 0 Å². The standard InChI is InChI=1S/C15H23NO3/c1-3-14-12(6-7-19-14)10-16-9-11-4-5-13(17)15(8-11)18-2/h4-5,8,12,14,16-17H,3,6-7,9-10H2,1-2H3. The molecular weight excluding hydrogens is 242 g/mol. The number of aromatic hydroxyl groups is 1. The number of methoxy groups -OCH3 is 1. The number of hydrogen-bond acceptors (Lipinski definition) is 4. The van der Waals surface area contributed by atoms with Gasteiger partial charge in [0.2, 0.25) is 0 Å². The van der Waals surface area contributed by atoms with Crippen molar-refractivity contribution < 1.29 is 14.6 Å². The van der Waals surface area contributed by atoms with Gasteiger partial charge in [-0.3, -0.25) is 0 Å². The van der Waals surface area contributed by atoms with Crippen LogP contribution in [-0.2, 0) is 11.3 Å². The predicted octanol–water partition coefficient (Wildman–Crippen LogP) is 2.31. The van der Waals surface area contributed by atoms with Crippen LogP contribution < -0.4 is 10.1 Å². The Morgan fingerprint density at radius 2 is 2.32 bits per heavy atom. The first-order chi connectivity index (χ1) is 9.24. The Morgan fingerprint density at radius 1 is 1.47 bits per heavy atom. The maximum absolute atomic E-state index is 9.54. The van der Waals surface area contributed by atoms with Crippen molar-refractivity contribution in [1.29, 1.82) is 0 Å². The first-order valence-electron chi connectivity index (χ1n) is 6.92. The van der Waals surface area contributed by atoms with Gasteiger partial charge in [-0.05, 0) is 36.5 Å². The van der Waals surface area contributed by atoms with Gasteiger partial charge in [-0.25, -0.2) is 0 Å². The molecule has 19 heavy (non-hydrogen) atoms. The van der Waals surface area contributed by atoms with E-state index in [0.29, 0.717) is 17.8 Å². The molecule has 4 nitrogen and oxygen atoms in total. The molecule has 1 aliphatic heterocycles. The maximum atomic E-state index is 9.54. The van der Waals surface area contributed by atoms with Crippen LogP contribution in [0.15, 0.2) is 18.2 Å². The van der Waals surface area contributed by atoms with E-state index < -0.39 is 0 Å². The number of benzene rings is 1. The van der Waals surface area contributed by atoms with Gasteiger partial charge in [0.05, 0.1) is 13.2 Å². The summed E-state index contributed by atoms with van der Waals surface area (Å²) in [5, 5.41) is 13.0. The maximum Gasteiger partial charge on any atom is 0.160 e. The molecule has 0 amide bonds. The van der Waals surface area contributed by atoms with E-state index in [1.165, 1.54) is 0 Å². The Morgan fingerprint density at radius 3 is 3.05 bits per heavy atom. The SMILES string of the molecule is CCC1OCCC1CNCc1ccc(O)c(OC)c1. The van der Waals surface area contributed by atoms with Crippen molar-refractivity contribution >= 4 is 0 Å². The molecule has 4 heteroatoms. The summed E-state index contributed by atoms with van der Waals surface area (Å²) in [4.78, 5) is 0. The normalized spacial score (nSPS) is 22.6. The van der Waals surface area contributed by atoms with Crippen molar-refractivity contribution in [3.63, 3.8) is 0 Å². The van der Waals surface area contributed by atoms with Crippen molar-refractivity contribution in [1.82, 2.24) is 5.32 Å². The van der Waals surface area contributed by atoms with E-state index in [1.54, 1.807) is 13.2 Å². The minimum absolute atomic E-state index is 0.182. The molecule has 1 fully saturated rings. The van der Waals surface area contributed by atoms with Crippen LogP contribution in [0, 0.1) is 5.92 Å². The molecule has 1 heterocycles. The number of nitrogens with one attached hydrogen (secondary N) is 1. The Hall–Kier alpha value is -1.26. The zero-order valence-electron chi connectivity index (χ0n) is 11.7. The third kappa shape index (κ3) is 3.61. The molecular formula is C15H23NO3. The van der Waals surface area contributed by atoms with Gasteiger partial charge in [0.25, 0.3) is 0 Å². The van der Waals surface area contributed by atoms with Crippen LogP contribution in [0.1, 0.15) is 25.3 Å². The lowest BCUT2D eigenvalue weighted by Gasteiger charge is -2.17.